The van der Waals surface area contributed by atoms with Crippen LogP contribution in [0.25, 0.3) is 0 Å². The number of anilines is 1. The lowest BCUT2D eigenvalue weighted by Gasteiger charge is -2.33. The summed E-state index contributed by atoms with van der Waals surface area (Å²) in [6.45, 7) is 1.87. The summed E-state index contributed by atoms with van der Waals surface area (Å²) in [5.74, 6) is 0.503. The molecule has 0 spiro atoms. The third-order valence-electron chi connectivity index (χ3n) is 2.88. The molecule has 1 aromatic heterocycles. The molecular formula is C11H14F3N3O. The minimum atomic E-state index is -4.36. The molecule has 0 saturated carbocycles. The Morgan fingerprint density at radius 2 is 2.22 bits per heavy atom. The van der Waals surface area contributed by atoms with Gasteiger partial charge >= 0.3 is 6.18 Å². The first-order chi connectivity index (χ1) is 8.50. The molecule has 18 heavy (non-hydrogen) atoms. The van der Waals surface area contributed by atoms with E-state index in [0.717, 1.165) is 12.3 Å². The van der Waals surface area contributed by atoms with Crippen molar-refractivity contribution in [2.75, 3.05) is 31.1 Å². The van der Waals surface area contributed by atoms with Crippen molar-refractivity contribution < 1.29 is 18.3 Å². The Balaban J connectivity index is 2.09. The number of aromatic nitrogens is 1. The topological polar surface area (TPSA) is 48.4 Å². The largest absolute Gasteiger partial charge is 0.417 e. The van der Waals surface area contributed by atoms with Crippen LogP contribution in [-0.4, -0.2) is 42.4 Å². The molecule has 1 fully saturated rings. The van der Waals surface area contributed by atoms with Crippen molar-refractivity contribution in [1.82, 2.24) is 10.3 Å². The summed E-state index contributed by atoms with van der Waals surface area (Å²) in [6.07, 6.45) is -3.52. The zero-order valence-electron chi connectivity index (χ0n) is 9.61. The summed E-state index contributed by atoms with van der Waals surface area (Å²) in [6, 6.07) is 2.32. The van der Waals surface area contributed by atoms with Crippen LogP contribution < -0.4 is 10.2 Å². The van der Waals surface area contributed by atoms with Crippen molar-refractivity contribution in [3.8, 4) is 0 Å². The molecule has 100 valence electrons. The molecule has 1 atom stereocenters. The predicted octanol–water partition coefficient (Wildman–Crippen LogP) is 0.871. The minimum Gasteiger partial charge on any atom is -0.395 e. The van der Waals surface area contributed by atoms with E-state index in [4.69, 9.17) is 5.11 Å². The molecule has 4 nitrogen and oxygen atoms in total. The monoisotopic (exact) mass is 261 g/mol. The average Bonchev–Trinajstić information content (AvgIpc) is 2.38. The fraction of sp³-hybridized carbons (Fsp3) is 0.545. The number of halogens is 3. The van der Waals surface area contributed by atoms with Gasteiger partial charge in [0.05, 0.1) is 12.2 Å². The number of aliphatic hydroxyl groups is 1. The Bertz CT molecular complexity index is 394. The molecule has 2 heterocycles. The highest BCUT2D eigenvalue weighted by atomic mass is 19.4. The van der Waals surface area contributed by atoms with Crippen LogP contribution in [0, 0.1) is 0 Å². The first-order valence-electron chi connectivity index (χ1n) is 5.63. The molecule has 0 bridgehead atoms. The number of nitrogens with zero attached hydrogens (tertiary/aromatic N) is 2. The SMILES string of the molecule is OCC1CN(c2ccc(C(F)(F)F)cn2)CCN1. The molecule has 1 aliphatic heterocycles. The number of piperazine rings is 1. The van der Waals surface area contributed by atoms with E-state index in [9.17, 15) is 13.2 Å². The number of alkyl halides is 3. The number of hydrogen-bond acceptors (Lipinski definition) is 4. The molecule has 0 aromatic carbocycles. The van der Waals surface area contributed by atoms with Gasteiger partial charge in [0.25, 0.3) is 0 Å². The molecule has 2 rings (SSSR count). The Morgan fingerprint density at radius 3 is 2.78 bits per heavy atom. The highest BCUT2D eigenvalue weighted by Gasteiger charge is 2.31. The first kappa shape index (κ1) is 13.1. The van der Waals surface area contributed by atoms with Crippen molar-refractivity contribution in [3.05, 3.63) is 23.9 Å². The molecule has 1 unspecified atom stereocenters. The van der Waals surface area contributed by atoms with Crippen LogP contribution in [0.3, 0.4) is 0 Å². The van der Waals surface area contributed by atoms with Gasteiger partial charge in [-0.1, -0.05) is 0 Å². The van der Waals surface area contributed by atoms with E-state index in [1.54, 1.807) is 0 Å². The van der Waals surface area contributed by atoms with Crippen molar-refractivity contribution in [2.24, 2.45) is 0 Å². The van der Waals surface area contributed by atoms with Gasteiger partial charge in [0.1, 0.15) is 5.82 Å². The van der Waals surface area contributed by atoms with Crippen LogP contribution in [0.5, 0.6) is 0 Å². The maximum atomic E-state index is 12.4. The second-order valence-electron chi connectivity index (χ2n) is 4.18. The van der Waals surface area contributed by atoms with E-state index in [1.165, 1.54) is 6.07 Å². The lowest BCUT2D eigenvalue weighted by molar-refractivity contribution is -0.137. The van der Waals surface area contributed by atoms with Crippen LogP contribution in [0.2, 0.25) is 0 Å². The predicted molar refractivity (Wildman–Crippen MR) is 60.3 cm³/mol. The Morgan fingerprint density at radius 1 is 1.44 bits per heavy atom. The Hall–Kier alpha value is -1.34. The summed E-state index contributed by atoms with van der Waals surface area (Å²) in [7, 11) is 0. The molecule has 2 N–H and O–H groups in total. The van der Waals surface area contributed by atoms with E-state index < -0.39 is 11.7 Å². The summed E-state index contributed by atoms with van der Waals surface area (Å²) < 4.78 is 37.1. The highest BCUT2D eigenvalue weighted by molar-refractivity contribution is 5.40. The van der Waals surface area contributed by atoms with E-state index in [2.05, 4.69) is 10.3 Å². The van der Waals surface area contributed by atoms with E-state index in [0.29, 0.717) is 25.5 Å². The number of aliphatic hydroxyl groups excluding tert-OH is 1. The Labute approximate surface area is 102 Å². The van der Waals surface area contributed by atoms with Crippen LogP contribution in [-0.2, 0) is 6.18 Å². The van der Waals surface area contributed by atoms with Crippen LogP contribution in [0.4, 0.5) is 19.0 Å². The quantitative estimate of drug-likeness (QED) is 0.829. The van der Waals surface area contributed by atoms with Gasteiger partial charge < -0.3 is 15.3 Å². The zero-order chi connectivity index (χ0) is 13.2. The highest BCUT2D eigenvalue weighted by Crippen LogP contribution is 2.29. The second-order valence-corrected chi connectivity index (χ2v) is 4.18. The number of rotatable bonds is 2. The number of hydrogen-bond donors (Lipinski definition) is 2. The van der Waals surface area contributed by atoms with Crippen molar-refractivity contribution in [2.45, 2.75) is 12.2 Å². The fourth-order valence-electron chi connectivity index (χ4n) is 1.90. The van der Waals surface area contributed by atoms with Gasteiger partial charge in [-0.05, 0) is 12.1 Å². The molecule has 0 amide bonds. The lowest BCUT2D eigenvalue weighted by Crippen LogP contribution is -2.52. The van der Waals surface area contributed by atoms with E-state index in [-0.39, 0.29) is 12.6 Å². The van der Waals surface area contributed by atoms with Crippen molar-refractivity contribution in [3.63, 3.8) is 0 Å². The Kier molecular flexibility index (Phi) is 3.72. The molecule has 0 radical (unpaired) electrons. The summed E-state index contributed by atoms with van der Waals surface area (Å²) in [5, 5.41) is 12.2. The van der Waals surface area contributed by atoms with Gasteiger partial charge in [0.2, 0.25) is 0 Å². The third kappa shape index (κ3) is 2.91. The fourth-order valence-corrected chi connectivity index (χ4v) is 1.90. The molecule has 1 aliphatic rings. The van der Waals surface area contributed by atoms with E-state index in [1.807, 2.05) is 4.90 Å². The maximum Gasteiger partial charge on any atom is 0.417 e. The number of pyridine rings is 1. The van der Waals surface area contributed by atoms with Gasteiger partial charge in [-0.15, -0.1) is 0 Å². The molecule has 7 heteroatoms. The van der Waals surface area contributed by atoms with Crippen LogP contribution in [0.15, 0.2) is 18.3 Å². The lowest BCUT2D eigenvalue weighted by atomic mass is 10.2. The van der Waals surface area contributed by atoms with E-state index >= 15 is 0 Å². The van der Waals surface area contributed by atoms with Crippen molar-refractivity contribution >= 4 is 5.82 Å². The molecule has 1 saturated heterocycles. The van der Waals surface area contributed by atoms with Crippen LogP contribution >= 0.6 is 0 Å². The molecule has 0 aliphatic carbocycles. The zero-order valence-corrected chi connectivity index (χ0v) is 9.61. The van der Waals surface area contributed by atoms with Gasteiger partial charge in [0.15, 0.2) is 0 Å². The molecular weight excluding hydrogens is 247 g/mol. The summed E-state index contributed by atoms with van der Waals surface area (Å²) in [5.41, 5.74) is -0.750. The summed E-state index contributed by atoms with van der Waals surface area (Å²) in [4.78, 5) is 5.69. The molecule has 1 aromatic rings. The number of nitrogens with one attached hydrogen (secondary N) is 1. The average molecular weight is 261 g/mol. The van der Waals surface area contributed by atoms with Gasteiger partial charge in [0, 0.05) is 31.9 Å². The van der Waals surface area contributed by atoms with Crippen molar-refractivity contribution in [1.29, 1.82) is 0 Å². The first-order valence-corrected chi connectivity index (χ1v) is 5.63. The van der Waals surface area contributed by atoms with Gasteiger partial charge in [-0.25, -0.2) is 4.98 Å². The van der Waals surface area contributed by atoms with Gasteiger partial charge in [-0.2, -0.15) is 13.2 Å². The standard InChI is InChI=1S/C11H14F3N3O/c12-11(13,14)8-1-2-10(16-5-8)17-4-3-15-9(6-17)7-18/h1-2,5,9,15,18H,3-4,6-7H2. The smallest absolute Gasteiger partial charge is 0.395 e. The minimum absolute atomic E-state index is 0.00284. The summed E-state index contributed by atoms with van der Waals surface area (Å²) >= 11 is 0. The third-order valence-corrected chi connectivity index (χ3v) is 2.88. The maximum absolute atomic E-state index is 12.4. The normalized spacial score (nSPS) is 21.1. The van der Waals surface area contributed by atoms with Crippen LogP contribution in [0.1, 0.15) is 5.56 Å². The van der Waals surface area contributed by atoms with Gasteiger partial charge in [-0.3, -0.25) is 0 Å². The second kappa shape index (κ2) is 5.11.